The third-order valence-electron chi connectivity index (χ3n) is 9.08. The van der Waals surface area contributed by atoms with Gasteiger partial charge in [-0.1, -0.05) is 12.8 Å². The summed E-state index contributed by atoms with van der Waals surface area (Å²) in [4.78, 5) is 20.3. The van der Waals surface area contributed by atoms with Gasteiger partial charge in [0.1, 0.15) is 0 Å². The van der Waals surface area contributed by atoms with Crippen molar-refractivity contribution in [3.8, 4) is 0 Å². The number of rotatable bonds is 6. The second kappa shape index (κ2) is 11.4. The highest BCUT2D eigenvalue weighted by Crippen LogP contribution is 2.30. The number of anilines is 2. The first-order chi connectivity index (χ1) is 16.7. The van der Waals surface area contributed by atoms with Crippen molar-refractivity contribution in [3.63, 3.8) is 0 Å². The van der Waals surface area contributed by atoms with Crippen molar-refractivity contribution in [2.45, 2.75) is 70.4 Å². The Morgan fingerprint density at radius 1 is 0.882 bits per heavy atom. The number of hydrogen-bond acceptors (Lipinski definition) is 5. The Bertz CT molecular complexity index is 772. The van der Waals surface area contributed by atoms with E-state index in [-0.39, 0.29) is 11.8 Å². The standard InChI is InChI=1S/C28H44N4O2/c1-22(30-18-20-34-21-19-30)23-10-14-31(15-11-23)27-12-16-32(17-13-27)26-8-6-25(7-9-26)29-28(33)24-4-2-3-5-24/h6-9,22-24,27H,2-5,10-21H2,1H3,(H,29,33). The van der Waals surface area contributed by atoms with Gasteiger partial charge < -0.3 is 19.9 Å². The van der Waals surface area contributed by atoms with Crippen LogP contribution >= 0.6 is 0 Å². The van der Waals surface area contributed by atoms with Gasteiger partial charge in [-0.2, -0.15) is 0 Å². The van der Waals surface area contributed by atoms with Crippen molar-refractivity contribution in [1.82, 2.24) is 9.80 Å². The highest BCUT2D eigenvalue weighted by atomic mass is 16.5. The molecule has 1 atom stereocenters. The maximum atomic E-state index is 12.4. The molecule has 4 fully saturated rings. The molecular formula is C28H44N4O2. The van der Waals surface area contributed by atoms with Gasteiger partial charge in [0, 0.05) is 55.6 Å². The van der Waals surface area contributed by atoms with Gasteiger partial charge in [0.15, 0.2) is 0 Å². The van der Waals surface area contributed by atoms with Crippen molar-refractivity contribution >= 4 is 17.3 Å². The van der Waals surface area contributed by atoms with Gasteiger partial charge >= 0.3 is 0 Å². The van der Waals surface area contributed by atoms with Crippen LogP contribution in [0.2, 0.25) is 0 Å². The predicted molar refractivity (Wildman–Crippen MR) is 138 cm³/mol. The number of benzene rings is 1. The topological polar surface area (TPSA) is 48.0 Å². The summed E-state index contributed by atoms with van der Waals surface area (Å²) in [7, 11) is 0. The van der Waals surface area contributed by atoms with E-state index < -0.39 is 0 Å². The zero-order valence-electron chi connectivity index (χ0n) is 21.1. The minimum Gasteiger partial charge on any atom is -0.379 e. The van der Waals surface area contributed by atoms with Crippen LogP contribution in [0, 0.1) is 11.8 Å². The molecule has 3 aliphatic heterocycles. The number of ether oxygens (including phenoxy) is 1. The van der Waals surface area contributed by atoms with Crippen LogP contribution in [0.3, 0.4) is 0 Å². The van der Waals surface area contributed by atoms with Gasteiger partial charge in [0.2, 0.25) is 5.91 Å². The van der Waals surface area contributed by atoms with Crippen LogP contribution in [-0.2, 0) is 9.53 Å². The molecule has 1 saturated carbocycles. The number of nitrogens with one attached hydrogen (secondary N) is 1. The summed E-state index contributed by atoms with van der Waals surface area (Å²) in [5, 5.41) is 3.12. The van der Waals surface area contributed by atoms with Gasteiger partial charge in [-0.25, -0.2) is 0 Å². The number of carbonyl (C=O) groups is 1. The van der Waals surface area contributed by atoms with Crippen molar-refractivity contribution in [3.05, 3.63) is 24.3 Å². The maximum absolute atomic E-state index is 12.4. The lowest BCUT2D eigenvalue weighted by Crippen LogP contribution is -2.51. The fourth-order valence-electron chi connectivity index (χ4n) is 6.73. The maximum Gasteiger partial charge on any atom is 0.227 e. The first kappa shape index (κ1) is 24.1. The summed E-state index contributed by atoms with van der Waals surface area (Å²) in [6.45, 7) is 11.2. The van der Waals surface area contributed by atoms with E-state index in [1.54, 1.807) is 0 Å². The Morgan fingerprint density at radius 2 is 1.53 bits per heavy atom. The second-order valence-electron chi connectivity index (χ2n) is 11.0. The van der Waals surface area contributed by atoms with E-state index in [0.717, 1.165) is 69.9 Å². The fourth-order valence-corrected chi connectivity index (χ4v) is 6.73. The minimum absolute atomic E-state index is 0.203. The number of nitrogens with zero attached hydrogens (tertiary/aromatic N) is 3. The summed E-state index contributed by atoms with van der Waals surface area (Å²) in [6.07, 6.45) is 9.66. The van der Waals surface area contributed by atoms with E-state index in [4.69, 9.17) is 4.74 Å². The predicted octanol–water partition coefficient (Wildman–Crippen LogP) is 4.22. The number of carbonyl (C=O) groups excluding carboxylic acids is 1. The number of hydrogen-bond donors (Lipinski definition) is 1. The quantitative estimate of drug-likeness (QED) is 0.678. The zero-order valence-corrected chi connectivity index (χ0v) is 21.1. The number of amides is 1. The molecule has 188 valence electrons. The average Bonchev–Trinajstić information content (AvgIpc) is 3.45. The van der Waals surface area contributed by atoms with E-state index in [1.165, 1.54) is 57.3 Å². The molecule has 1 unspecified atom stereocenters. The summed E-state index contributed by atoms with van der Waals surface area (Å²) in [6, 6.07) is 9.95. The molecule has 3 heterocycles. The van der Waals surface area contributed by atoms with E-state index >= 15 is 0 Å². The minimum atomic E-state index is 0.203. The van der Waals surface area contributed by atoms with E-state index in [9.17, 15) is 4.79 Å². The number of likely N-dealkylation sites (tertiary alicyclic amines) is 1. The number of morpholine rings is 1. The molecule has 6 nitrogen and oxygen atoms in total. The molecule has 3 saturated heterocycles. The van der Waals surface area contributed by atoms with Crippen LogP contribution in [0.25, 0.3) is 0 Å². The first-order valence-electron chi connectivity index (χ1n) is 13.9. The smallest absolute Gasteiger partial charge is 0.227 e. The Kier molecular flexibility index (Phi) is 8.08. The molecule has 1 N–H and O–H groups in total. The molecule has 1 aromatic rings. The van der Waals surface area contributed by atoms with Gasteiger partial charge in [0.05, 0.1) is 13.2 Å². The molecular weight excluding hydrogens is 424 g/mol. The van der Waals surface area contributed by atoms with Crippen molar-refractivity contribution in [2.75, 3.05) is 62.7 Å². The Morgan fingerprint density at radius 3 is 2.18 bits per heavy atom. The van der Waals surface area contributed by atoms with Crippen molar-refractivity contribution in [1.29, 1.82) is 0 Å². The highest BCUT2D eigenvalue weighted by Gasteiger charge is 2.32. The Labute approximate surface area is 206 Å². The zero-order chi connectivity index (χ0) is 23.3. The van der Waals surface area contributed by atoms with Crippen molar-refractivity contribution in [2.24, 2.45) is 11.8 Å². The molecule has 0 aromatic heterocycles. The van der Waals surface area contributed by atoms with Crippen LogP contribution in [0.15, 0.2) is 24.3 Å². The molecule has 6 heteroatoms. The second-order valence-corrected chi connectivity index (χ2v) is 11.0. The third-order valence-corrected chi connectivity index (χ3v) is 9.08. The molecule has 4 aliphatic rings. The Balaban J connectivity index is 1.05. The summed E-state index contributed by atoms with van der Waals surface area (Å²) < 4.78 is 5.54. The summed E-state index contributed by atoms with van der Waals surface area (Å²) in [5.41, 5.74) is 2.22. The summed E-state index contributed by atoms with van der Waals surface area (Å²) in [5.74, 6) is 1.25. The lowest BCUT2D eigenvalue weighted by Gasteiger charge is -2.45. The number of piperidine rings is 2. The average molecular weight is 469 g/mol. The Hall–Kier alpha value is -1.63. The van der Waals surface area contributed by atoms with Crippen LogP contribution in [0.4, 0.5) is 11.4 Å². The lowest BCUT2D eigenvalue weighted by molar-refractivity contribution is -0.119. The molecule has 5 rings (SSSR count). The first-order valence-corrected chi connectivity index (χ1v) is 13.9. The van der Waals surface area contributed by atoms with Gasteiger partial charge in [0.25, 0.3) is 0 Å². The molecule has 1 amide bonds. The third kappa shape index (κ3) is 5.77. The van der Waals surface area contributed by atoms with E-state index in [1.807, 2.05) is 0 Å². The molecule has 0 bridgehead atoms. The van der Waals surface area contributed by atoms with Gasteiger partial charge in [-0.05, 0) is 88.7 Å². The normalized spacial score (nSPS) is 25.5. The SMILES string of the molecule is CC(C1CCN(C2CCN(c3ccc(NC(=O)C4CCCC4)cc3)CC2)CC1)N1CCOCC1. The van der Waals surface area contributed by atoms with Crippen LogP contribution in [0.1, 0.15) is 58.3 Å². The molecule has 34 heavy (non-hydrogen) atoms. The van der Waals surface area contributed by atoms with Crippen LogP contribution in [-0.4, -0.2) is 80.3 Å². The molecule has 1 aliphatic carbocycles. The lowest BCUT2D eigenvalue weighted by atomic mass is 9.87. The van der Waals surface area contributed by atoms with Crippen molar-refractivity contribution < 1.29 is 9.53 Å². The molecule has 1 aromatic carbocycles. The monoisotopic (exact) mass is 468 g/mol. The van der Waals surface area contributed by atoms with E-state index in [2.05, 4.69) is 51.2 Å². The van der Waals surface area contributed by atoms with Gasteiger partial charge in [-0.15, -0.1) is 0 Å². The van der Waals surface area contributed by atoms with Crippen LogP contribution < -0.4 is 10.2 Å². The van der Waals surface area contributed by atoms with Gasteiger partial charge in [-0.3, -0.25) is 9.69 Å². The highest BCUT2D eigenvalue weighted by molar-refractivity contribution is 5.92. The fraction of sp³-hybridized carbons (Fsp3) is 0.750. The van der Waals surface area contributed by atoms with E-state index in [0.29, 0.717) is 6.04 Å². The largest absolute Gasteiger partial charge is 0.379 e. The molecule has 0 spiro atoms. The van der Waals surface area contributed by atoms with Crippen LogP contribution in [0.5, 0.6) is 0 Å². The summed E-state index contributed by atoms with van der Waals surface area (Å²) >= 11 is 0. The molecule has 0 radical (unpaired) electrons.